The van der Waals surface area contributed by atoms with Crippen LogP contribution < -0.4 is 5.73 Å². The normalized spacial score (nSPS) is 28.1. The van der Waals surface area contributed by atoms with E-state index in [0.717, 1.165) is 19.5 Å². The molecule has 2 heterocycles. The highest BCUT2D eigenvalue weighted by atomic mass is 32.1. The molecule has 1 atom stereocenters. The van der Waals surface area contributed by atoms with E-state index in [1.165, 1.54) is 4.88 Å². The highest BCUT2D eigenvalue weighted by Gasteiger charge is 2.58. The molecule has 0 spiro atoms. The minimum absolute atomic E-state index is 0.102. The van der Waals surface area contributed by atoms with Crippen molar-refractivity contribution >= 4 is 11.3 Å². The van der Waals surface area contributed by atoms with Crippen LogP contribution in [0.2, 0.25) is 0 Å². The van der Waals surface area contributed by atoms with Crippen molar-refractivity contribution in [1.29, 1.82) is 0 Å². The van der Waals surface area contributed by atoms with Gasteiger partial charge in [0.05, 0.1) is 16.7 Å². The molecule has 20 heavy (non-hydrogen) atoms. The van der Waals surface area contributed by atoms with Gasteiger partial charge in [0, 0.05) is 18.0 Å². The third-order valence-electron chi connectivity index (χ3n) is 4.62. The summed E-state index contributed by atoms with van der Waals surface area (Å²) < 4.78 is 6.33. The Labute approximate surface area is 127 Å². The zero-order valence-electron chi connectivity index (χ0n) is 13.4. The highest BCUT2D eigenvalue weighted by Crippen LogP contribution is 2.48. The molecule has 1 fully saturated rings. The quantitative estimate of drug-likeness (QED) is 0.906. The van der Waals surface area contributed by atoms with Crippen LogP contribution in [0.15, 0.2) is 17.5 Å². The van der Waals surface area contributed by atoms with Crippen LogP contribution in [-0.4, -0.2) is 34.7 Å². The lowest BCUT2D eigenvalue weighted by molar-refractivity contribution is -0.105. The second kappa shape index (κ2) is 5.41. The number of nitrogens with zero attached hydrogens (tertiary/aromatic N) is 1. The topological polar surface area (TPSA) is 38.5 Å². The van der Waals surface area contributed by atoms with E-state index in [4.69, 9.17) is 10.5 Å². The molecule has 2 rings (SSSR count). The first kappa shape index (κ1) is 16.0. The van der Waals surface area contributed by atoms with Crippen LogP contribution in [-0.2, 0) is 11.3 Å². The van der Waals surface area contributed by atoms with E-state index in [9.17, 15) is 0 Å². The molecule has 0 saturated carbocycles. The molecule has 0 aliphatic carbocycles. The molecule has 1 aliphatic heterocycles. The third kappa shape index (κ3) is 2.67. The van der Waals surface area contributed by atoms with Crippen molar-refractivity contribution in [2.75, 3.05) is 13.1 Å². The Morgan fingerprint density at radius 1 is 1.35 bits per heavy atom. The molecular weight excluding hydrogens is 268 g/mol. The maximum absolute atomic E-state index is 6.33. The van der Waals surface area contributed by atoms with Gasteiger partial charge in [0.15, 0.2) is 0 Å². The Morgan fingerprint density at radius 3 is 2.45 bits per heavy atom. The Bertz CT molecular complexity index is 441. The molecule has 3 nitrogen and oxygen atoms in total. The van der Waals surface area contributed by atoms with Gasteiger partial charge in [-0.3, -0.25) is 4.90 Å². The van der Waals surface area contributed by atoms with Crippen molar-refractivity contribution in [3.8, 4) is 0 Å². The van der Waals surface area contributed by atoms with Gasteiger partial charge in [-0.15, -0.1) is 11.3 Å². The summed E-state index contributed by atoms with van der Waals surface area (Å²) >= 11 is 1.81. The molecule has 1 unspecified atom stereocenters. The Hall–Kier alpha value is -0.420. The zero-order chi connectivity index (χ0) is 15.0. The fourth-order valence-electron chi connectivity index (χ4n) is 3.84. The average molecular weight is 296 g/mol. The highest BCUT2D eigenvalue weighted by molar-refractivity contribution is 7.09. The van der Waals surface area contributed by atoms with E-state index >= 15 is 0 Å². The molecule has 0 amide bonds. The molecule has 0 aromatic carbocycles. The van der Waals surface area contributed by atoms with Crippen molar-refractivity contribution in [2.24, 2.45) is 5.73 Å². The zero-order valence-corrected chi connectivity index (χ0v) is 14.2. The lowest BCUT2D eigenvalue weighted by atomic mass is 9.77. The van der Waals surface area contributed by atoms with Gasteiger partial charge < -0.3 is 10.5 Å². The lowest BCUT2D eigenvalue weighted by Gasteiger charge is -2.47. The molecule has 1 saturated heterocycles. The summed E-state index contributed by atoms with van der Waals surface area (Å²) in [5, 5.41) is 2.14. The van der Waals surface area contributed by atoms with Crippen LogP contribution in [0.5, 0.6) is 0 Å². The van der Waals surface area contributed by atoms with Crippen molar-refractivity contribution in [3.05, 3.63) is 22.4 Å². The Balaban J connectivity index is 2.33. The summed E-state index contributed by atoms with van der Waals surface area (Å²) in [5.41, 5.74) is 5.79. The van der Waals surface area contributed by atoms with Crippen molar-refractivity contribution in [3.63, 3.8) is 0 Å². The predicted octanol–water partition coefficient (Wildman–Crippen LogP) is 3.25. The van der Waals surface area contributed by atoms with Gasteiger partial charge in [-0.1, -0.05) is 13.0 Å². The molecule has 0 bridgehead atoms. The van der Waals surface area contributed by atoms with Gasteiger partial charge in [0.2, 0.25) is 0 Å². The second-order valence-corrected chi connectivity index (χ2v) is 7.91. The fourth-order valence-corrected chi connectivity index (χ4v) is 4.55. The first-order valence-electron chi connectivity index (χ1n) is 7.44. The SMILES string of the molecule is CCN(Cc1cccs1)C1(CN)CC(C)(C)OC1(C)C. The van der Waals surface area contributed by atoms with Gasteiger partial charge >= 0.3 is 0 Å². The Kier molecular flexibility index (Phi) is 4.32. The molecule has 0 radical (unpaired) electrons. The smallest absolute Gasteiger partial charge is 0.0830 e. The molecule has 114 valence electrons. The lowest BCUT2D eigenvalue weighted by Crippen LogP contribution is -2.63. The van der Waals surface area contributed by atoms with Crippen LogP contribution >= 0.6 is 11.3 Å². The molecule has 1 aromatic heterocycles. The van der Waals surface area contributed by atoms with Crippen molar-refractivity contribution in [2.45, 2.75) is 64.3 Å². The summed E-state index contributed by atoms with van der Waals surface area (Å²) in [6, 6.07) is 4.31. The van der Waals surface area contributed by atoms with Crippen LogP contribution in [0.4, 0.5) is 0 Å². The minimum atomic E-state index is -0.238. The molecular formula is C16H28N2OS. The van der Waals surface area contributed by atoms with E-state index < -0.39 is 0 Å². The largest absolute Gasteiger partial charge is 0.368 e. The van der Waals surface area contributed by atoms with Crippen molar-refractivity contribution < 1.29 is 4.74 Å². The van der Waals surface area contributed by atoms with E-state index in [2.05, 4.69) is 57.0 Å². The van der Waals surface area contributed by atoms with Gasteiger partial charge in [-0.25, -0.2) is 0 Å². The monoisotopic (exact) mass is 296 g/mol. The molecule has 4 heteroatoms. The fraction of sp³-hybridized carbons (Fsp3) is 0.750. The molecule has 1 aliphatic rings. The van der Waals surface area contributed by atoms with Crippen LogP contribution in [0.25, 0.3) is 0 Å². The van der Waals surface area contributed by atoms with E-state index in [1.54, 1.807) is 0 Å². The average Bonchev–Trinajstić information content (AvgIpc) is 2.90. The number of ether oxygens (including phenoxy) is 1. The summed E-state index contributed by atoms with van der Waals surface area (Å²) in [6.07, 6.45) is 0.975. The maximum Gasteiger partial charge on any atom is 0.0830 e. The van der Waals surface area contributed by atoms with Gasteiger partial charge in [0.25, 0.3) is 0 Å². The van der Waals surface area contributed by atoms with E-state index in [0.29, 0.717) is 6.54 Å². The predicted molar refractivity (Wildman–Crippen MR) is 86.0 cm³/mol. The number of rotatable bonds is 5. The number of hydrogen-bond donors (Lipinski definition) is 1. The summed E-state index contributed by atoms with van der Waals surface area (Å²) in [6.45, 7) is 13.5. The Morgan fingerprint density at radius 2 is 2.05 bits per heavy atom. The minimum Gasteiger partial charge on any atom is -0.368 e. The maximum atomic E-state index is 6.33. The van der Waals surface area contributed by atoms with E-state index in [1.807, 2.05) is 11.3 Å². The number of hydrogen-bond acceptors (Lipinski definition) is 4. The molecule has 2 N–H and O–H groups in total. The third-order valence-corrected chi connectivity index (χ3v) is 5.48. The van der Waals surface area contributed by atoms with Gasteiger partial charge in [-0.05, 0) is 52.1 Å². The number of likely N-dealkylation sites (N-methyl/N-ethyl adjacent to an activating group) is 1. The summed E-state index contributed by atoms with van der Waals surface area (Å²) in [4.78, 5) is 3.90. The number of thiophene rings is 1. The van der Waals surface area contributed by atoms with E-state index in [-0.39, 0.29) is 16.7 Å². The first-order valence-corrected chi connectivity index (χ1v) is 8.32. The van der Waals surface area contributed by atoms with Gasteiger partial charge in [0.1, 0.15) is 0 Å². The first-order chi connectivity index (χ1) is 9.26. The standard InChI is InChI=1S/C16H28N2OS/c1-6-18(10-13-8-7-9-20-13)16(12-17)11-14(2,3)19-15(16,4)5/h7-9H,6,10-12,17H2,1-5H3. The van der Waals surface area contributed by atoms with Crippen LogP contribution in [0.1, 0.15) is 45.9 Å². The second-order valence-electron chi connectivity index (χ2n) is 6.88. The summed E-state index contributed by atoms with van der Waals surface area (Å²) in [7, 11) is 0. The summed E-state index contributed by atoms with van der Waals surface area (Å²) in [5.74, 6) is 0. The van der Waals surface area contributed by atoms with Gasteiger partial charge in [-0.2, -0.15) is 0 Å². The van der Waals surface area contributed by atoms with Crippen LogP contribution in [0.3, 0.4) is 0 Å². The van der Waals surface area contributed by atoms with Crippen LogP contribution in [0, 0.1) is 0 Å². The molecule has 1 aromatic rings. The van der Waals surface area contributed by atoms with Crippen molar-refractivity contribution in [1.82, 2.24) is 4.90 Å². The number of nitrogens with two attached hydrogens (primary N) is 1.